The number of hydrogen-bond acceptors (Lipinski definition) is 3. The van der Waals surface area contributed by atoms with E-state index in [-0.39, 0.29) is 5.75 Å². The fourth-order valence-corrected chi connectivity index (χ4v) is 1.72. The van der Waals surface area contributed by atoms with Gasteiger partial charge in [0.1, 0.15) is 11.4 Å². The van der Waals surface area contributed by atoms with Gasteiger partial charge in [-0.1, -0.05) is 0 Å². The van der Waals surface area contributed by atoms with Gasteiger partial charge in [-0.15, -0.1) is 0 Å². The molecule has 2 aromatic rings. The first kappa shape index (κ1) is 13.2. The zero-order valence-electron chi connectivity index (χ0n) is 11.3. The Balaban J connectivity index is 2.32. The maximum atomic E-state index is 12.1. The van der Waals surface area contributed by atoms with Crippen molar-refractivity contribution in [2.24, 2.45) is 0 Å². The molecule has 1 aromatic carbocycles. The van der Waals surface area contributed by atoms with Gasteiger partial charge < -0.3 is 9.84 Å². The predicted octanol–water partition coefficient (Wildman–Crippen LogP) is 3.64. The Kier molecular flexibility index (Phi) is 3.34. The second-order valence-electron chi connectivity index (χ2n) is 5.29. The van der Waals surface area contributed by atoms with Crippen LogP contribution in [0.1, 0.15) is 20.8 Å². The average molecular weight is 259 g/mol. The molecular formula is C15H17NO3. The number of aromatic hydroxyl groups is 1. The summed E-state index contributed by atoms with van der Waals surface area (Å²) in [6.45, 7) is 5.48. The number of aromatic nitrogens is 1. The number of nitrogens with zero attached hydrogens (tertiary/aromatic N) is 1. The minimum absolute atomic E-state index is 0.194. The molecule has 4 heteroatoms. The summed E-state index contributed by atoms with van der Waals surface area (Å²) in [6, 6.07) is 10.3. The normalized spacial score (nSPS) is 11.3. The Morgan fingerprint density at radius 3 is 2.37 bits per heavy atom. The van der Waals surface area contributed by atoms with E-state index in [1.54, 1.807) is 36.5 Å². The van der Waals surface area contributed by atoms with E-state index >= 15 is 0 Å². The van der Waals surface area contributed by atoms with Crippen LogP contribution in [0.25, 0.3) is 11.3 Å². The molecule has 1 aromatic heterocycles. The molecule has 0 saturated heterocycles. The lowest BCUT2D eigenvalue weighted by Gasteiger charge is -2.20. The Labute approximate surface area is 112 Å². The lowest BCUT2D eigenvalue weighted by atomic mass is 10.1. The van der Waals surface area contributed by atoms with E-state index in [9.17, 15) is 9.90 Å². The Morgan fingerprint density at radius 1 is 1.16 bits per heavy atom. The van der Waals surface area contributed by atoms with Crippen LogP contribution in [0, 0.1) is 0 Å². The standard InChI is InChI=1S/C15H17NO3/c1-15(2,3)19-14(18)16-10-4-5-13(16)11-6-8-12(17)9-7-11/h4-10,17H,1-3H3. The number of rotatable bonds is 1. The molecule has 0 unspecified atom stereocenters. The van der Waals surface area contributed by atoms with Crippen LogP contribution in [0.2, 0.25) is 0 Å². The summed E-state index contributed by atoms with van der Waals surface area (Å²) >= 11 is 0. The van der Waals surface area contributed by atoms with Crippen molar-refractivity contribution in [1.29, 1.82) is 0 Å². The predicted molar refractivity (Wildman–Crippen MR) is 73.2 cm³/mol. The molecule has 0 amide bonds. The van der Waals surface area contributed by atoms with Crippen molar-refractivity contribution < 1.29 is 14.6 Å². The SMILES string of the molecule is CC(C)(C)OC(=O)n1cccc1-c1ccc(O)cc1. The zero-order valence-corrected chi connectivity index (χ0v) is 11.3. The van der Waals surface area contributed by atoms with Crippen LogP contribution in [0.5, 0.6) is 5.75 Å². The van der Waals surface area contributed by atoms with Crippen molar-refractivity contribution in [2.45, 2.75) is 26.4 Å². The van der Waals surface area contributed by atoms with E-state index in [1.807, 2.05) is 26.8 Å². The Morgan fingerprint density at radius 2 is 1.79 bits per heavy atom. The summed E-state index contributed by atoms with van der Waals surface area (Å²) in [6.07, 6.45) is 1.25. The highest BCUT2D eigenvalue weighted by Gasteiger charge is 2.19. The second-order valence-corrected chi connectivity index (χ2v) is 5.29. The lowest BCUT2D eigenvalue weighted by Crippen LogP contribution is -2.27. The summed E-state index contributed by atoms with van der Waals surface area (Å²) in [5, 5.41) is 9.29. The first-order valence-corrected chi connectivity index (χ1v) is 6.07. The van der Waals surface area contributed by atoms with Crippen LogP contribution in [-0.2, 0) is 4.74 Å². The van der Waals surface area contributed by atoms with Gasteiger partial charge in [-0.25, -0.2) is 4.79 Å². The molecule has 0 spiro atoms. The van der Waals surface area contributed by atoms with E-state index < -0.39 is 11.7 Å². The van der Waals surface area contributed by atoms with Crippen molar-refractivity contribution in [3.8, 4) is 17.0 Å². The maximum absolute atomic E-state index is 12.1. The quantitative estimate of drug-likeness (QED) is 0.850. The van der Waals surface area contributed by atoms with Gasteiger partial charge in [-0.3, -0.25) is 4.57 Å². The van der Waals surface area contributed by atoms with Crippen LogP contribution in [-0.4, -0.2) is 21.4 Å². The van der Waals surface area contributed by atoms with Crippen LogP contribution in [0.3, 0.4) is 0 Å². The number of carbonyl (C=O) groups excluding carboxylic acids is 1. The van der Waals surface area contributed by atoms with E-state index in [0.29, 0.717) is 0 Å². The fraction of sp³-hybridized carbons (Fsp3) is 0.267. The Bertz CT molecular complexity index is 576. The monoisotopic (exact) mass is 259 g/mol. The van der Waals surface area contributed by atoms with Gasteiger partial charge in [0.15, 0.2) is 0 Å². The third kappa shape index (κ3) is 3.16. The van der Waals surface area contributed by atoms with Gasteiger partial charge in [0.2, 0.25) is 0 Å². The van der Waals surface area contributed by atoms with Crippen molar-refractivity contribution >= 4 is 6.09 Å². The minimum Gasteiger partial charge on any atom is -0.508 e. The number of phenolic OH excluding ortho intramolecular Hbond substituents is 1. The lowest BCUT2D eigenvalue weighted by molar-refractivity contribution is 0.0540. The third-order valence-corrected chi connectivity index (χ3v) is 2.50. The molecule has 0 aliphatic rings. The average Bonchev–Trinajstić information content (AvgIpc) is 2.76. The van der Waals surface area contributed by atoms with Gasteiger partial charge in [0.25, 0.3) is 0 Å². The smallest absolute Gasteiger partial charge is 0.418 e. The first-order chi connectivity index (χ1) is 8.87. The maximum Gasteiger partial charge on any atom is 0.418 e. The van der Waals surface area contributed by atoms with Crippen molar-refractivity contribution in [1.82, 2.24) is 4.57 Å². The second kappa shape index (κ2) is 4.80. The van der Waals surface area contributed by atoms with Gasteiger partial charge in [0.05, 0.1) is 5.69 Å². The first-order valence-electron chi connectivity index (χ1n) is 6.07. The number of carbonyl (C=O) groups is 1. The molecule has 0 aliphatic carbocycles. The topological polar surface area (TPSA) is 51.5 Å². The zero-order chi connectivity index (χ0) is 14.0. The van der Waals surface area contributed by atoms with Crippen LogP contribution in [0.15, 0.2) is 42.6 Å². The number of phenols is 1. The third-order valence-electron chi connectivity index (χ3n) is 2.50. The molecule has 0 saturated carbocycles. The fourth-order valence-electron chi connectivity index (χ4n) is 1.72. The number of benzene rings is 1. The molecule has 0 fully saturated rings. The van der Waals surface area contributed by atoms with E-state index in [0.717, 1.165) is 11.3 Å². The van der Waals surface area contributed by atoms with Gasteiger partial charge in [-0.05, 0) is 62.7 Å². The molecule has 0 bridgehead atoms. The highest BCUT2D eigenvalue weighted by atomic mass is 16.6. The molecule has 19 heavy (non-hydrogen) atoms. The molecular weight excluding hydrogens is 242 g/mol. The van der Waals surface area contributed by atoms with Crippen LogP contribution in [0.4, 0.5) is 4.79 Å². The van der Waals surface area contributed by atoms with Crippen molar-refractivity contribution in [3.05, 3.63) is 42.6 Å². The summed E-state index contributed by atoms with van der Waals surface area (Å²) in [7, 11) is 0. The number of hydrogen-bond donors (Lipinski definition) is 1. The highest BCUT2D eigenvalue weighted by molar-refractivity contribution is 5.78. The summed E-state index contributed by atoms with van der Waals surface area (Å²) in [5.74, 6) is 0.194. The van der Waals surface area contributed by atoms with Crippen molar-refractivity contribution in [2.75, 3.05) is 0 Å². The molecule has 0 atom stereocenters. The van der Waals surface area contributed by atoms with Crippen LogP contribution >= 0.6 is 0 Å². The molecule has 0 aliphatic heterocycles. The summed E-state index contributed by atoms with van der Waals surface area (Å²) in [5.41, 5.74) is 1.04. The molecule has 100 valence electrons. The van der Waals surface area contributed by atoms with Gasteiger partial charge in [0, 0.05) is 6.20 Å². The van der Waals surface area contributed by atoms with Gasteiger partial charge >= 0.3 is 6.09 Å². The minimum atomic E-state index is -0.534. The molecule has 1 N–H and O–H groups in total. The van der Waals surface area contributed by atoms with Crippen LogP contribution < -0.4 is 0 Å². The highest BCUT2D eigenvalue weighted by Crippen LogP contribution is 2.23. The molecule has 4 nitrogen and oxygen atoms in total. The van der Waals surface area contributed by atoms with E-state index in [1.165, 1.54) is 4.57 Å². The van der Waals surface area contributed by atoms with Crippen molar-refractivity contribution in [3.63, 3.8) is 0 Å². The summed E-state index contributed by atoms with van der Waals surface area (Å²) < 4.78 is 6.80. The summed E-state index contributed by atoms with van der Waals surface area (Å²) in [4.78, 5) is 12.1. The largest absolute Gasteiger partial charge is 0.508 e. The molecule has 2 rings (SSSR count). The molecule has 1 heterocycles. The number of ether oxygens (including phenoxy) is 1. The van der Waals surface area contributed by atoms with E-state index in [4.69, 9.17) is 4.74 Å². The Hall–Kier alpha value is -2.23. The van der Waals surface area contributed by atoms with Gasteiger partial charge in [-0.2, -0.15) is 0 Å². The molecule has 0 radical (unpaired) electrons. The van der Waals surface area contributed by atoms with E-state index in [2.05, 4.69) is 0 Å².